The van der Waals surface area contributed by atoms with Crippen molar-refractivity contribution >= 4 is 23.8 Å². The molecule has 1 aromatic rings. The molecule has 5 N–H and O–H groups in total. The van der Waals surface area contributed by atoms with Crippen LogP contribution in [0.25, 0.3) is 6.08 Å². The molecular formula is C16H21N3O4. The molecule has 3 amide bonds. The van der Waals surface area contributed by atoms with Gasteiger partial charge in [0.25, 0.3) is 0 Å². The number of amides is 3. The lowest BCUT2D eigenvalue weighted by atomic mass is 10.1. The zero-order chi connectivity index (χ0) is 17.1. The van der Waals surface area contributed by atoms with E-state index in [1.807, 2.05) is 0 Å². The van der Waals surface area contributed by atoms with E-state index in [2.05, 4.69) is 5.32 Å². The van der Waals surface area contributed by atoms with Crippen LogP contribution in [-0.2, 0) is 9.59 Å². The maximum atomic E-state index is 11.6. The molecule has 0 bridgehead atoms. The largest absolute Gasteiger partial charge is 0.366 e. The molecule has 0 aliphatic carbocycles. The van der Waals surface area contributed by atoms with Crippen LogP contribution >= 0.6 is 0 Å². The number of rotatable bonds is 9. The quantitative estimate of drug-likeness (QED) is 0.234. The van der Waals surface area contributed by atoms with Gasteiger partial charge in [0, 0.05) is 24.6 Å². The molecule has 1 rings (SSSR count). The van der Waals surface area contributed by atoms with Crippen molar-refractivity contribution < 1.29 is 19.6 Å². The summed E-state index contributed by atoms with van der Waals surface area (Å²) in [5, 5.41) is 11.1. The van der Waals surface area contributed by atoms with Gasteiger partial charge in [-0.25, -0.2) is 5.48 Å². The van der Waals surface area contributed by atoms with Crippen LogP contribution in [0, 0.1) is 0 Å². The number of primary amides is 1. The van der Waals surface area contributed by atoms with Crippen molar-refractivity contribution in [2.24, 2.45) is 5.73 Å². The summed E-state index contributed by atoms with van der Waals surface area (Å²) >= 11 is 0. The molecule has 0 radical (unpaired) electrons. The summed E-state index contributed by atoms with van der Waals surface area (Å²) in [5.41, 5.74) is 7.93. The summed E-state index contributed by atoms with van der Waals surface area (Å²) < 4.78 is 0. The number of hydrogen-bond donors (Lipinski definition) is 4. The fourth-order valence-electron chi connectivity index (χ4n) is 1.84. The molecule has 23 heavy (non-hydrogen) atoms. The highest BCUT2D eigenvalue weighted by Crippen LogP contribution is 2.05. The van der Waals surface area contributed by atoms with Crippen LogP contribution in [-0.4, -0.2) is 29.5 Å². The molecular weight excluding hydrogens is 298 g/mol. The molecule has 0 saturated heterocycles. The van der Waals surface area contributed by atoms with Crippen molar-refractivity contribution in [2.75, 3.05) is 6.54 Å². The molecule has 124 valence electrons. The monoisotopic (exact) mass is 319 g/mol. The average Bonchev–Trinajstić information content (AvgIpc) is 2.56. The van der Waals surface area contributed by atoms with Gasteiger partial charge in [-0.15, -0.1) is 0 Å². The number of carbonyl (C=O) groups excluding carboxylic acids is 3. The van der Waals surface area contributed by atoms with Crippen LogP contribution in [0.3, 0.4) is 0 Å². The number of unbranched alkanes of at least 4 members (excludes halogenated alkanes) is 2. The number of hydroxylamine groups is 1. The normalized spacial score (nSPS) is 10.5. The van der Waals surface area contributed by atoms with E-state index >= 15 is 0 Å². The predicted molar refractivity (Wildman–Crippen MR) is 85.4 cm³/mol. The van der Waals surface area contributed by atoms with E-state index in [1.54, 1.807) is 35.8 Å². The summed E-state index contributed by atoms with van der Waals surface area (Å²) in [6.45, 7) is 0.518. The van der Waals surface area contributed by atoms with Crippen molar-refractivity contribution in [1.29, 1.82) is 0 Å². The third kappa shape index (κ3) is 7.77. The van der Waals surface area contributed by atoms with E-state index in [0.29, 0.717) is 18.5 Å². The van der Waals surface area contributed by atoms with Crippen LogP contribution in [0.15, 0.2) is 30.3 Å². The zero-order valence-corrected chi connectivity index (χ0v) is 12.7. The molecule has 1 aromatic carbocycles. The van der Waals surface area contributed by atoms with Crippen LogP contribution in [0.1, 0.15) is 41.6 Å². The van der Waals surface area contributed by atoms with Crippen molar-refractivity contribution in [2.45, 2.75) is 25.7 Å². The standard InChI is InChI=1S/C16H21N3O4/c17-16(22)13-8-5-12(6-9-13)7-10-14(20)18-11-3-1-2-4-15(21)19-23/h5-10,23H,1-4,11H2,(H2,17,22)(H,18,20)(H,19,21). The highest BCUT2D eigenvalue weighted by atomic mass is 16.5. The van der Waals surface area contributed by atoms with Crippen LogP contribution in [0.4, 0.5) is 0 Å². The number of nitrogens with one attached hydrogen (secondary N) is 2. The summed E-state index contributed by atoms with van der Waals surface area (Å²) in [6, 6.07) is 6.61. The number of hydrogen-bond acceptors (Lipinski definition) is 4. The first kappa shape index (κ1) is 18.4. The molecule has 0 aliphatic heterocycles. The number of carbonyl (C=O) groups is 3. The van der Waals surface area contributed by atoms with Gasteiger partial charge in [-0.3, -0.25) is 19.6 Å². The van der Waals surface area contributed by atoms with Gasteiger partial charge in [0.15, 0.2) is 0 Å². The van der Waals surface area contributed by atoms with Crippen LogP contribution < -0.4 is 16.5 Å². The van der Waals surface area contributed by atoms with E-state index < -0.39 is 11.8 Å². The lowest BCUT2D eigenvalue weighted by Crippen LogP contribution is -2.22. The Morgan fingerprint density at radius 3 is 2.39 bits per heavy atom. The summed E-state index contributed by atoms with van der Waals surface area (Å²) in [7, 11) is 0. The van der Waals surface area contributed by atoms with Gasteiger partial charge in [-0.05, 0) is 36.6 Å². The zero-order valence-electron chi connectivity index (χ0n) is 12.7. The Labute approximate surface area is 134 Å². The van der Waals surface area contributed by atoms with E-state index in [9.17, 15) is 14.4 Å². The van der Waals surface area contributed by atoms with Gasteiger partial charge in [-0.2, -0.15) is 0 Å². The third-order valence-electron chi connectivity index (χ3n) is 3.13. The lowest BCUT2D eigenvalue weighted by Gasteiger charge is -2.02. The van der Waals surface area contributed by atoms with Crippen LogP contribution in [0.5, 0.6) is 0 Å². The lowest BCUT2D eigenvalue weighted by molar-refractivity contribution is -0.129. The van der Waals surface area contributed by atoms with E-state index in [0.717, 1.165) is 18.4 Å². The number of nitrogens with two attached hydrogens (primary N) is 1. The Morgan fingerprint density at radius 2 is 1.78 bits per heavy atom. The molecule has 7 heteroatoms. The molecule has 0 aromatic heterocycles. The van der Waals surface area contributed by atoms with E-state index in [-0.39, 0.29) is 12.3 Å². The Kier molecular flexibility index (Phi) is 8.09. The van der Waals surface area contributed by atoms with E-state index in [4.69, 9.17) is 10.9 Å². The minimum Gasteiger partial charge on any atom is -0.366 e. The highest BCUT2D eigenvalue weighted by molar-refractivity contribution is 5.94. The smallest absolute Gasteiger partial charge is 0.248 e. The molecule has 0 fully saturated rings. The van der Waals surface area contributed by atoms with Crippen molar-refractivity contribution in [3.05, 3.63) is 41.5 Å². The first-order valence-electron chi connectivity index (χ1n) is 7.31. The van der Waals surface area contributed by atoms with E-state index in [1.165, 1.54) is 6.08 Å². The Morgan fingerprint density at radius 1 is 1.09 bits per heavy atom. The van der Waals surface area contributed by atoms with Gasteiger partial charge in [0.05, 0.1) is 0 Å². The molecule has 0 heterocycles. The summed E-state index contributed by atoms with van der Waals surface area (Å²) in [4.78, 5) is 33.3. The molecule has 0 unspecified atom stereocenters. The van der Waals surface area contributed by atoms with Gasteiger partial charge in [0.1, 0.15) is 0 Å². The van der Waals surface area contributed by atoms with Gasteiger partial charge < -0.3 is 11.1 Å². The minimum atomic E-state index is -0.491. The molecule has 0 aliphatic rings. The average molecular weight is 319 g/mol. The van der Waals surface area contributed by atoms with Crippen molar-refractivity contribution in [3.8, 4) is 0 Å². The topological polar surface area (TPSA) is 122 Å². The van der Waals surface area contributed by atoms with Crippen molar-refractivity contribution in [3.63, 3.8) is 0 Å². The SMILES string of the molecule is NC(=O)c1ccc(C=CC(=O)NCCCCCC(=O)NO)cc1. The van der Waals surface area contributed by atoms with Gasteiger partial charge in [0.2, 0.25) is 17.7 Å². The predicted octanol–water partition coefficient (Wildman–Crippen LogP) is 0.981. The second-order valence-corrected chi connectivity index (χ2v) is 4.96. The summed E-state index contributed by atoms with van der Waals surface area (Å²) in [6.07, 6.45) is 5.53. The fourth-order valence-corrected chi connectivity index (χ4v) is 1.84. The Bertz CT molecular complexity index is 567. The first-order chi connectivity index (χ1) is 11.0. The second-order valence-electron chi connectivity index (χ2n) is 4.96. The third-order valence-corrected chi connectivity index (χ3v) is 3.13. The molecule has 0 spiro atoms. The first-order valence-corrected chi connectivity index (χ1v) is 7.31. The summed E-state index contributed by atoms with van der Waals surface area (Å²) in [5.74, 6) is -1.11. The molecule has 7 nitrogen and oxygen atoms in total. The van der Waals surface area contributed by atoms with Gasteiger partial charge >= 0.3 is 0 Å². The highest BCUT2D eigenvalue weighted by Gasteiger charge is 2.00. The fraction of sp³-hybridized carbons (Fsp3) is 0.312. The Hall–Kier alpha value is -2.67. The van der Waals surface area contributed by atoms with Gasteiger partial charge in [-0.1, -0.05) is 18.6 Å². The maximum absolute atomic E-state index is 11.6. The maximum Gasteiger partial charge on any atom is 0.248 e. The van der Waals surface area contributed by atoms with Crippen LogP contribution in [0.2, 0.25) is 0 Å². The van der Waals surface area contributed by atoms with Crippen molar-refractivity contribution in [1.82, 2.24) is 10.8 Å². The Balaban J connectivity index is 2.23. The minimum absolute atomic E-state index is 0.211. The second kappa shape index (κ2) is 10.1. The molecule has 0 atom stereocenters. The number of benzene rings is 1. The molecule has 0 saturated carbocycles.